The summed E-state index contributed by atoms with van der Waals surface area (Å²) in [6.45, 7) is -2.60. The highest BCUT2D eigenvalue weighted by molar-refractivity contribution is 6.09. The van der Waals surface area contributed by atoms with Crippen molar-refractivity contribution < 1.29 is 113 Å². The number of halogens is 17. The zero-order valence-corrected chi connectivity index (χ0v) is 23.5. The normalized spacial score (nSPS) is 14.0. The lowest BCUT2D eigenvalue weighted by Crippen LogP contribution is -2.57. The number of hydrogen-bond acceptors (Lipinski definition) is 9. The second-order valence-electron chi connectivity index (χ2n) is 8.90. The third-order valence-electron chi connectivity index (χ3n) is 5.12. The lowest BCUT2D eigenvalue weighted by atomic mass is 10.0. The summed E-state index contributed by atoms with van der Waals surface area (Å²) in [6, 6.07) is 9.55. The number of carbonyl (C=O) groups is 2. The maximum Gasteiger partial charge on any atom is 0.527 e. The van der Waals surface area contributed by atoms with E-state index < -0.39 is 73.4 Å². The highest BCUT2D eigenvalue weighted by atomic mass is 19.4. The van der Waals surface area contributed by atoms with Crippen LogP contribution < -0.4 is 5.32 Å². The zero-order valence-electron chi connectivity index (χ0n) is 23.5. The van der Waals surface area contributed by atoms with Gasteiger partial charge in [-0.15, -0.1) is 30.7 Å². The van der Waals surface area contributed by atoms with Crippen molar-refractivity contribution in [2.24, 2.45) is 0 Å². The van der Waals surface area contributed by atoms with Crippen molar-refractivity contribution >= 4 is 17.4 Å². The Morgan fingerprint density at radius 2 is 0.900 bits per heavy atom. The maximum atomic E-state index is 13.8. The van der Waals surface area contributed by atoms with Crippen LogP contribution in [0.2, 0.25) is 0 Å². The Hall–Kier alpha value is -4.01. The van der Waals surface area contributed by atoms with Crippen molar-refractivity contribution in [1.29, 1.82) is 0 Å². The van der Waals surface area contributed by atoms with Crippen LogP contribution in [0.25, 0.3) is 0 Å². The number of alkyl halides is 17. The first-order valence-corrected chi connectivity index (χ1v) is 12.2. The summed E-state index contributed by atoms with van der Waals surface area (Å²) in [6.07, 6.45) is -55.8. The van der Waals surface area contributed by atoms with Gasteiger partial charge in [0, 0.05) is 23.9 Å². The number of anilines is 1. The fourth-order valence-electron chi connectivity index (χ4n) is 3.02. The van der Waals surface area contributed by atoms with Crippen molar-refractivity contribution in [2.45, 2.75) is 49.5 Å². The fourth-order valence-corrected chi connectivity index (χ4v) is 3.02. The van der Waals surface area contributed by atoms with E-state index in [2.05, 4.69) is 14.8 Å². The Bertz CT molecular complexity index is 1480. The lowest BCUT2D eigenvalue weighted by Gasteiger charge is -2.33. The predicted molar refractivity (Wildman–Crippen MR) is 122 cm³/mol. The quantitative estimate of drug-likeness (QED) is 0.0749. The molecule has 1 N–H and O–H groups in total. The first-order chi connectivity index (χ1) is 22.3. The summed E-state index contributed by atoms with van der Waals surface area (Å²) in [5.74, 6) is -2.34. The van der Waals surface area contributed by atoms with Crippen LogP contribution in [0, 0.1) is 0 Å². The van der Waals surface area contributed by atoms with Gasteiger partial charge in [0.05, 0.1) is 5.56 Å². The summed E-state index contributed by atoms with van der Waals surface area (Å²) in [5.41, 5.74) is 0.140. The molecule has 9 nitrogen and oxygen atoms in total. The maximum absolute atomic E-state index is 13.8. The molecular formula is C24H14F17NO8. The van der Waals surface area contributed by atoms with Gasteiger partial charge in [0.2, 0.25) is 0 Å². The van der Waals surface area contributed by atoms with Gasteiger partial charge >= 0.3 is 55.5 Å². The molecule has 0 aromatic heterocycles. The smallest absolute Gasteiger partial charge is 0.453 e. The molecule has 2 rings (SSSR count). The van der Waals surface area contributed by atoms with Crippen molar-refractivity contribution in [1.82, 2.24) is 0 Å². The number of ketones is 1. The summed E-state index contributed by atoms with van der Waals surface area (Å²) in [5, 5.41) is 2.79. The van der Waals surface area contributed by atoms with Crippen molar-refractivity contribution in [3.05, 3.63) is 65.2 Å². The van der Waals surface area contributed by atoms with Crippen LogP contribution in [-0.4, -0.2) is 74.9 Å². The Morgan fingerprint density at radius 3 is 1.34 bits per heavy atom. The number of rotatable bonds is 17. The average Bonchev–Trinajstić information content (AvgIpc) is 2.92. The zero-order chi connectivity index (χ0) is 38.8. The minimum Gasteiger partial charge on any atom is -0.453 e. The van der Waals surface area contributed by atoms with E-state index in [1.165, 1.54) is 33.7 Å². The van der Waals surface area contributed by atoms with Crippen molar-refractivity contribution in [3.8, 4) is 0 Å². The molecule has 0 heterocycles. The Balaban J connectivity index is 2.04. The Kier molecular flexibility index (Phi) is 12.1. The molecule has 26 heteroatoms. The van der Waals surface area contributed by atoms with E-state index in [0.29, 0.717) is 5.69 Å². The van der Waals surface area contributed by atoms with E-state index in [1.54, 1.807) is 11.8 Å². The van der Waals surface area contributed by atoms with Gasteiger partial charge in [0.15, 0.2) is 12.4 Å². The van der Waals surface area contributed by atoms with Crippen LogP contribution in [0.3, 0.4) is 0 Å². The standard InChI is InChI=1S/C24H14F17NO8/c1-42-14-8-6-12(7-9-14)15(43)11-2-4-13(5-3-11)16(44)45-10-17(25,26)46-23(38,39)50-24(40,41)49-21(33,34)19(29,30)47-18(27,28)20(31,32)48-22(35,36)37/h2-9,42H,10H2,1H3. The Morgan fingerprint density at radius 1 is 0.520 bits per heavy atom. The van der Waals surface area contributed by atoms with Gasteiger partial charge in [-0.2, -0.15) is 43.9 Å². The molecule has 0 unspecified atom stereocenters. The second kappa shape index (κ2) is 14.3. The predicted octanol–water partition coefficient (Wildman–Crippen LogP) is 7.78. The summed E-state index contributed by atoms with van der Waals surface area (Å²) in [7, 11) is 1.60. The molecular weight excluding hydrogens is 753 g/mol. The molecule has 0 aliphatic heterocycles. The second-order valence-corrected chi connectivity index (χ2v) is 8.90. The van der Waals surface area contributed by atoms with E-state index >= 15 is 0 Å². The van der Waals surface area contributed by atoms with E-state index in [1.807, 2.05) is 4.74 Å². The van der Waals surface area contributed by atoms with E-state index in [0.717, 1.165) is 24.3 Å². The average molecular weight is 767 g/mol. The largest absolute Gasteiger partial charge is 0.527 e. The van der Waals surface area contributed by atoms with Gasteiger partial charge in [-0.25, -0.2) is 28.5 Å². The highest BCUT2D eigenvalue weighted by Crippen LogP contribution is 2.49. The number of hydrogen-bond donors (Lipinski definition) is 1. The molecule has 2 aromatic carbocycles. The minimum atomic E-state index is -7.57. The van der Waals surface area contributed by atoms with Crippen molar-refractivity contribution in [2.75, 3.05) is 19.0 Å². The minimum absolute atomic E-state index is 0.0515. The van der Waals surface area contributed by atoms with E-state index in [4.69, 9.17) is 0 Å². The fraction of sp³-hybridized carbons (Fsp3) is 0.417. The van der Waals surface area contributed by atoms with Crippen LogP contribution in [0.15, 0.2) is 48.5 Å². The molecule has 0 aliphatic rings. The van der Waals surface area contributed by atoms with Crippen LogP contribution in [-0.2, 0) is 28.4 Å². The topological polar surface area (TPSA) is 102 Å². The first-order valence-electron chi connectivity index (χ1n) is 12.2. The van der Waals surface area contributed by atoms with Crippen LogP contribution in [0.1, 0.15) is 26.3 Å². The molecule has 0 saturated heterocycles. The molecule has 0 saturated carbocycles. The molecule has 0 bridgehead atoms. The molecule has 50 heavy (non-hydrogen) atoms. The number of carbonyl (C=O) groups excluding carboxylic acids is 2. The molecule has 2 aromatic rings. The molecule has 0 aliphatic carbocycles. The summed E-state index contributed by atoms with van der Waals surface area (Å²) in [4.78, 5) is 24.5. The molecule has 0 amide bonds. The summed E-state index contributed by atoms with van der Waals surface area (Å²) >= 11 is 0. The number of benzene rings is 2. The van der Waals surface area contributed by atoms with E-state index in [-0.39, 0.29) is 11.1 Å². The van der Waals surface area contributed by atoms with Crippen LogP contribution in [0.5, 0.6) is 0 Å². The molecule has 0 fully saturated rings. The van der Waals surface area contributed by atoms with Crippen molar-refractivity contribution in [3.63, 3.8) is 0 Å². The van der Waals surface area contributed by atoms with Gasteiger partial charge in [-0.3, -0.25) is 4.79 Å². The molecule has 0 atom stereocenters. The van der Waals surface area contributed by atoms with Gasteiger partial charge in [-0.05, 0) is 36.4 Å². The number of nitrogens with one attached hydrogen (secondary N) is 1. The van der Waals surface area contributed by atoms with Gasteiger partial charge in [0.25, 0.3) is 0 Å². The lowest BCUT2D eigenvalue weighted by molar-refractivity contribution is -0.606. The number of esters is 1. The molecule has 0 spiro atoms. The van der Waals surface area contributed by atoms with Crippen LogP contribution in [0.4, 0.5) is 80.3 Å². The third kappa shape index (κ3) is 11.5. The first kappa shape index (κ1) is 42.2. The number of ether oxygens (including phenoxy) is 6. The highest BCUT2D eigenvalue weighted by Gasteiger charge is 2.75. The van der Waals surface area contributed by atoms with Gasteiger partial charge in [0.1, 0.15) is 0 Å². The summed E-state index contributed by atoms with van der Waals surface area (Å²) < 4.78 is 235. The molecule has 282 valence electrons. The Labute approximate surface area is 264 Å². The van der Waals surface area contributed by atoms with E-state index in [9.17, 15) is 84.2 Å². The monoisotopic (exact) mass is 767 g/mol. The third-order valence-corrected chi connectivity index (χ3v) is 5.12. The van der Waals surface area contributed by atoms with Gasteiger partial charge < -0.3 is 10.1 Å². The van der Waals surface area contributed by atoms with Gasteiger partial charge in [-0.1, -0.05) is 12.1 Å². The SMILES string of the molecule is CNc1ccc(C(=O)c2ccc(C(=O)OCC(F)(F)OC(F)(F)OC(F)(F)OC(F)(F)C(F)(F)OC(F)(F)C(F)(F)OC(F)(F)F)cc2)cc1. The molecule has 0 radical (unpaired) electrons. The van der Waals surface area contributed by atoms with Crippen LogP contribution >= 0.6 is 0 Å².